The van der Waals surface area contributed by atoms with Crippen molar-refractivity contribution in [2.24, 2.45) is 0 Å². The Kier molecular flexibility index (Phi) is 6.75. The van der Waals surface area contributed by atoms with Gasteiger partial charge in [0.1, 0.15) is 5.56 Å². The number of hydrogen-bond acceptors (Lipinski definition) is 6. The molecule has 7 heteroatoms. The zero-order valence-electron chi connectivity index (χ0n) is 18.8. The van der Waals surface area contributed by atoms with Gasteiger partial charge in [-0.3, -0.25) is 4.84 Å². The molecule has 0 saturated heterocycles. The van der Waals surface area contributed by atoms with Crippen LogP contribution in [-0.2, 0) is 10.4 Å². The quantitative estimate of drug-likeness (QED) is 0.266. The summed E-state index contributed by atoms with van der Waals surface area (Å²) in [7, 11) is 2.85. The lowest BCUT2D eigenvalue weighted by Crippen LogP contribution is -2.35. The predicted octanol–water partition coefficient (Wildman–Crippen LogP) is 5.13. The van der Waals surface area contributed by atoms with Crippen LogP contribution in [0.15, 0.2) is 97.1 Å². The molecule has 0 amide bonds. The number of nitrogens with one attached hydrogen (secondary N) is 1. The molecule has 0 unspecified atom stereocenters. The molecule has 7 nitrogen and oxygen atoms in total. The van der Waals surface area contributed by atoms with Crippen LogP contribution >= 0.6 is 0 Å². The van der Waals surface area contributed by atoms with Gasteiger partial charge in [0.2, 0.25) is 0 Å². The number of methoxy groups -OCH3 is 2. The van der Waals surface area contributed by atoms with E-state index in [1.54, 1.807) is 0 Å². The molecule has 0 saturated carbocycles. The topological polar surface area (TPSA) is 89.9 Å². The summed E-state index contributed by atoms with van der Waals surface area (Å²) in [5.74, 6) is -0.879. The van der Waals surface area contributed by atoms with Crippen LogP contribution in [0.25, 0.3) is 0 Å². The number of anilines is 1. The number of carboxylic acids is 1. The molecule has 0 aliphatic carbocycles. The fourth-order valence-corrected chi connectivity index (χ4v) is 3.83. The first-order valence-corrected chi connectivity index (χ1v) is 10.6. The summed E-state index contributed by atoms with van der Waals surface area (Å²) >= 11 is 0. The molecule has 0 spiro atoms. The van der Waals surface area contributed by atoms with E-state index in [0.29, 0.717) is 0 Å². The highest BCUT2D eigenvalue weighted by Gasteiger charge is 2.39. The lowest BCUT2D eigenvalue weighted by Gasteiger charge is -2.35. The van der Waals surface area contributed by atoms with Crippen molar-refractivity contribution in [1.29, 1.82) is 0 Å². The Morgan fingerprint density at radius 1 is 0.794 bits per heavy atom. The summed E-state index contributed by atoms with van der Waals surface area (Å²) in [5.41, 5.74) is 4.12. The SMILES string of the molecule is COc1cc(C(=O)O)c(NOC(c2ccccc2)(c2ccccc2)c2ccccc2)nc1OC. The molecule has 1 heterocycles. The third-order valence-electron chi connectivity index (χ3n) is 5.44. The average molecular weight is 456 g/mol. The average Bonchev–Trinajstić information content (AvgIpc) is 2.90. The second-order valence-electron chi connectivity index (χ2n) is 7.38. The number of pyridine rings is 1. The minimum Gasteiger partial charge on any atom is -0.491 e. The van der Waals surface area contributed by atoms with Crippen LogP contribution < -0.4 is 15.0 Å². The first-order chi connectivity index (χ1) is 16.6. The number of benzene rings is 3. The van der Waals surface area contributed by atoms with Gasteiger partial charge >= 0.3 is 5.97 Å². The van der Waals surface area contributed by atoms with Crippen molar-refractivity contribution in [3.05, 3.63) is 119 Å². The molecule has 3 aromatic carbocycles. The summed E-state index contributed by atoms with van der Waals surface area (Å²) in [6.07, 6.45) is 0. The zero-order chi connectivity index (χ0) is 24.0. The van der Waals surface area contributed by atoms with Gasteiger partial charge < -0.3 is 14.6 Å². The van der Waals surface area contributed by atoms with Gasteiger partial charge in [0.25, 0.3) is 5.88 Å². The van der Waals surface area contributed by atoms with Crippen LogP contribution in [0, 0.1) is 0 Å². The minimum absolute atomic E-state index is 0.0164. The summed E-state index contributed by atoms with van der Waals surface area (Å²) in [6, 6.07) is 30.4. The van der Waals surface area contributed by atoms with Crippen LogP contribution in [0.2, 0.25) is 0 Å². The molecule has 0 radical (unpaired) electrons. The lowest BCUT2D eigenvalue weighted by atomic mass is 9.80. The number of aromatic carboxylic acids is 1. The molecule has 0 atom stereocenters. The summed E-state index contributed by atoms with van der Waals surface area (Å²) in [4.78, 5) is 22.8. The second-order valence-corrected chi connectivity index (χ2v) is 7.38. The maximum atomic E-state index is 12.0. The van der Waals surface area contributed by atoms with Crippen LogP contribution in [0.5, 0.6) is 11.6 Å². The van der Waals surface area contributed by atoms with Gasteiger partial charge in [-0.05, 0) is 16.7 Å². The van der Waals surface area contributed by atoms with E-state index in [1.807, 2.05) is 91.0 Å². The fraction of sp³-hybridized carbons (Fsp3) is 0.111. The highest BCUT2D eigenvalue weighted by atomic mass is 16.7. The molecule has 0 fully saturated rings. The van der Waals surface area contributed by atoms with E-state index < -0.39 is 11.6 Å². The number of hydrogen-bond donors (Lipinski definition) is 2. The maximum Gasteiger partial charge on any atom is 0.339 e. The Morgan fingerprint density at radius 3 is 1.65 bits per heavy atom. The summed E-state index contributed by atoms with van der Waals surface area (Å²) < 4.78 is 10.5. The third kappa shape index (κ3) is 4.29. The molecule has 1 aromatic heterocycles. The molecule has 172 valence electrons. The lowest BCUT2D eigenvalue weighted by molar-refractivity contribution is 0.0536. The van der Waals surface area contributed by atoms with Crippen molar-refractivity contribution in [1.82, 2.24) is 4.98 Å². The van der Waals surface area contributed by atoms with Gasteiger partial charge in [-0.2, -0.15) is 4.98 Å². The number of rotatable bonds is 9. The van der Waals surface area contributed by atoms with E-state index in [4.69, 9.17) is 14.3 Å². The number of ether oxygens (including phenoxy) is 2. The highest BCUT2D eigenvalue weighted by Crippen LogP contribution is 2.41. The van der Waals surface area contributed by atoms with Crippen molar-refractivity contribution in [2.45, 2.75) is 5.60 Å². The third-order valence-corrected chi connectivity index (χ3v) is 5.44. The molecule has 0 bridgehead atoms. The molecule has 4 rings (SSSR count). The van der Waals surface area contributed by atoms with E-state index in [0.717, 1.165) is 16.7 Å². The normalized spacial score (nSPS) is 11.0. The van der Waals surface area contributed by atoms with E-state index >= 15 is 0 Å². The molecule has 34 heavy (non-hydrogen) atoms. The van der Waals surface area contributed by atoms with Crippen molar-refractivity contribution in [2.75, 3.05) is 19.7 Å². The molecule has 4 aromatic rings. The number of carboxylic acid groups (broad SMARTS) is 1. The van der Waals surface area contributed by atoms with Crippen molar-refractivity contribution < 1.29 is 24.2 Å². The van der Waals surface area contributed by atoms with Gasteiger partial charge in [-0.15, -0.1) is 0 Å². The Labute approximate surface area is 197 Å². The minimum atomic E-state index is -1.19. The smallest absolute Gasteiger partial charge is 0.339 e. The van der Waals surface area contributed by atoms with Crippen LogP contribution in [-0.4, -0.2) is 30.3 Å². The van der Waals surface area contributed by atoms with Gasteiger partial charge in [0.15, 0.2) is 17.2 Å². The Bertz CT molecular complexity index is 1150. The number of carbonyl (C=O) groups is 1. The fourth-order valence-electron chi connectivity index (χ4n) is 3.83. The molecule has 0 aliphatic heterocycles. The van der Waals surface area contributed by atoms with Crippen LogP contribution in [0.3, 0.4) is 0 Å². The van der Waals surface area contributed by atoms with Crippen molar-refractivity contribution in [3.8, 4) is 11.6 Å². The van der Waals surface area contributed by atoms with Crippen molar-refractivity contribution >= 4 is 11.8 Å². The standard InChI is InChI=1S/C27H24N2O5/c1-32-23-18-22(26(30)31)24(28-25(23)33-2)29-34-27(19-12-6-3-7-13-19,20-14-8-4-9-15-20)21-16-10-5-11-17-21/h3-18H,1-2H3,(H,28,29)(H,30,31). The maximum absolute atomic E-state index is 12.0. The van der Waals surface area contributed by atoms with Gasteiger partial charge in [0.05, 0.1) is 14.2 Å². The largest absolute Gasteiger partial charge is 0.491 e. The number of aromatic nitrogens is 1. The zero-order valence-corrected chi connectivity index (χ0v) is 18.8. The first kappa shape index (κ1) is 22.8. The van der Waals surface area contributed by atoms with Gasteiger partial charge in [-0.1, -0.05) is 91.0 Å². The molecular formula is C27H24N2O5. The van der Waals surface area contributed by atoms with Gasteiger partial charge in [0, 0.05) is 6.07 Å². The summed E-state index contributed by atoms with van der Waals surface area (Å²) in [6.45, 7) is 0. The first-order valence-electron chi connectivity index (χ1n) is 10.6. The molecule has 2 N–H and O–H groups in total. The van der Waals surface area contributed by atoms with E-state index in [2.05, 4.69) is 10.5 Å². The Hall–Kier alpha value is -4.36. The Morgan fingerprint density at radius 2 is 1.26 bits per heavy atom. The van der Waals surface area contributed by atoms with Crippen LogP contribution in [0.1, 0.15) is 27.0 Å². The predicted molar refractivity (Wildman–Crippen MR) is 128 cm³/mol. The molecule has 0 aliphatic rings. The van der Waals surface area contributed by atoms with Crippen molar-refractivity contribution in [3.63, 3.8) is 0 Å². The van der Waals surface area contributed by atoms with E-state index in [9.17, 15) is 9.90 Å². The summed E-state index contributed by atoms with van der Waals surface area (Å²) in [5, 5.41) is 9.80. The highest BCUT2D eigenvalue weighted by molar-refractivity contribution is 5.93. The Balaban J connectivity index is 1.89. The van der Waals surface area contributed by atoms with Crippen LogP contribution in [0.4, 0.5) is 5.82 Å². The number of nitrogens with zero attached hydrogens (tertiary/aromatic N) is 1. The van der Waals surface area contributed by atoms with E-state index in [-0.39, 0.29) is 23.0 Å². The monoisotopic (exact) mass is 456 g/mol. The van der Waals surface area contributed by atoms with E-state index in [1.165, 1.54) is 20.3 Å². The van der Waals surface area contributed by atoms with Gasteiger partial charge in [-0.25, -0.2) is 10.3 Å². The molecular weight excluding hydrogens is 432 g/mol. The second kappa shape index (κ2) is 10.1.